The molecular weight excluding hydrogens is 453 g/mol. The molecule has 2 N–H and O–H groups in total. The van der Waals surface area contributed by atoms with E-state index in [4.69, 9.17) is 4.74 Å². The van der Waals surface area contributed by atoms with Crippen LogP contribution in [-0.4, -0.2) is 28.3 Å². The van der Waals surface area contributed by atoms with Gasteiger partial charge in [-0.05, 0) is 36.6 Å². The summed E-state index contributed by atoms with van der Waals surface area (Å²) in [6.07, 6.45) is 2.56. The summed E-state index contributed by atoms with van der Waals surface area (Å²) in [5, 5.41) is 20.3. The number of hydrogen-bond donors (Lipinski definition) is 2. The molecule has 1 aliphatic heterocycles. The van der Waals surface area contributed by atoms with Gasteiger partial charge in [0.15, 0.2) is 0 Å². The number of benzene rings is 2. The number of alkyl halides is 3. The number of carbonyl (C=O) groups excluding carboxylic acids is 2. The molecule has 6 nitrogen and oxygen atoms in total. The predicted molar refractivity (Wildman–Crippen MR) is 117 cm³/mol. The first-order valence-electron chi connectivity index (χ1n) is 10.3. The zero-order valence-corrected chi connectivity index (χ0v) is 17.8. The second-order valence-corrected chi connectivity index (χ2v) is 7.35. The maximum Gasteiger partial charge on any atom is 0.491 e. The Bertz CT molecular complexity index is 1130. The summed E-state index contributed by atoms with van der Waals surface area (Å²) in [5.74, 6) is -5.09. The van der Waals surface area contributed by atoms with E-state index in [1.807, 2.05) is 12.2 Å². The molecule has 0 fully saturated rings. The molecule has 9 heteroatoms. The number of phenols is 2. The van der Waals surface area contributed by atoms with Gasteiger partial charge in [0, 0.05) is 18.1 Å². The molecule has 0 unspecified atom stereocenters. The number of allylic oxidation sites excluding steroid dienone is 3. The number of aromatic hydroxyl groups is 2. The van der Waals surface area contributed by atoms with Crippen molar-refractivity contribution in [3.63, 3.8) is 0 Å². The number of esters is 2. The third-order valence-electron chi connectivity index (χ3n) is 4.80. The van der Waals surface area contributed by atoms with Crippen molar-refractivity contribution in [2.24, 2.45) is 0 Å². The van der Waals surface area contributed by atoms with Crippen LogP contribution in [0.4, 0.5) is 13.2 Å². The molecule has 0 saturated heterocycles. The lowest BCUT2D eigenvalue weighted by atomic mass is 10.0. The van der Waals surface area contributed by atoms with Crippen molar-refractivity contribution in [2.75, 3.05) is 0 Å². The Labute approximate surface area is 193 Å². The first-order valence-corrected chi connectivity index (χ1v) is 10.3. The van der Waals surface area contributed by atoms with Crippen LogP contribution < -0.4 is 0 Å². The maximum absolute atomic E-state index is 13.1. The molecule has 0 amide bonds. The van der Waals surface area contributed by atoms with Crippen LogP contribution in [0.25, 0.3) is 6.08 Å². The zero-order valence-electron chi connectivity index (χ0n) is 17.8. The van der Waals surface area contributed by atoms with Crippen molar-refractivity contribution in [3.05, 3.63) is 89.2 Å². The standard InChI is InChI=1S/C25H21F3O6/c26-25(27,28)24(32)33-19-11-7-2-1-3-8-12-21(16-9-5-4-6-10-16)34-23(31)22-17(14-19)13-18(29)15-20(22)30/h3-11,13-15,21,29-30H,1-2,12H2/t21-/m1/s1. The van der Waals surface area contributed by atoms with Crippen molar-refractivity contribution in [1.82, 2.24) is 0 Å². The number of ether oxygens (including phenoxy) is 2. The molecule has 3 rings (SSSR count). The zero-order chi connectivity index (χ0) is 24.7. The van der Waals surface area contributed by atoms with E-state index >= 15 is 0 Å². The SMILES string of the molecule is O=C1O[C@@H](c2ccccc2)CC=CCCC=CC(OC(=O)C(F)(F)F)=Cc2cc(O)cc(O)c21. The molecule has 0 aromatic heterocycles. The Morgan fingerprint density at radius 3 is 2.44 bits per heavy atom. The van der Waals surface area contributed by atoms with Crippen LogP contribution in [0.15, 0.2) is 72.5 Å². The van der Waals surface area contributed by atoms with E-state index in [0.717, 1.165) is 24.3 Å². The highest BCUT2D eigenvalue weighted by atomic mass is 19.4. The largest absolute Gasteiger partial charge is 0.508 e. The second-order valence-electron chi connectivity index (χ2n) is 7.35. The summed E-state index contributed by atoms with van der Waals surface area (Å²) in [6.45, 7) is 0. The van der Waals surface area contributed by atoms with Gasteiger partial charge in [0.25, 0.3) is 0 Å². The lowest BCUT2D eigenvalue weighted by Gasteiger charge is -2.19. The normalized spacial score (nSPS) is 17.2. The third-order valence-corrected chi connectivity index (χ3v) is 4.80. The van der Waals surface area contributed by atoms with Gasteiger partial charge in [-0.3, -0.25) is 0 Å². The molecule has 1 aliphatic rings. The molecule has 178 valence electrons. The molecule has 1 atom stereocenters. The van der Waals surface area contributed by atoms with Crippen LogP contribution in [-0.2, 0) is 14.3 Å². The fraction of sp³-hybridized carbons (Fsp3) is 0.200. The van der Waals surface area contributed by atoms with Gasteiger partial charge in [-0.1, -0.05) is 48.6 Å². The van der Waals surface area contributed by atoms with Crippen molar-refractivity contribution in [3.8, 4) is 11.5 Å². The number of fused-ring (bicyclic) bond motifs is 1. The van der Waals surface area contributed by atoms with E-state index < -0.39 is 47.0 Å². The molecule has 0 radical (unpaired) electrons. The Morgan fingerprint density at radius 1 is 1.03 bits per heavy atom. The van der Waals surface area contributed by atoms with Crippen LogP contribution >= 0.6 is 0 Å². The van der Waals surface area contributed by atoms with E-state index in [2.05, 4.69) is 4.74 Å². The molecule has 1 heterocycles. The smallest absolute Gasteiger partial charge is 0.491 e. The van der Waals surface area contributed by atoms with Gasteiger partial charge in [-0.15, -0.1) is 0 Å². The molecule has 2 aromatic carbocycles. The number of rotatable bonds is 2. The number of cyclic esters (lactones) is 1. The average Bonchev–Trinajstić information content (AvgIpc) is 2.76. The lowest BCUT2D eigenvalue weighted by molar-refractivity contribution is -0.194. The highest BCUT2D eigenvalue weighted by Gasteiger charge is 2.41. The van der Waals surface area contributed by atoms with Crippen molar-refractivity contribution in [1.29, 1.82) is 0 Å². The molecule has 2 aromatic rings. The fourth-order valence-corrected chi connectivity index (χ4v) is 3.24. The van der Waals surface area contributed by atoms with Gasteiger partial charge in [0.1, 0.15) is 28.9 Å². The van der Waals surface area contributed by atoms with Crippen molar-refractivity contribution in [2.45, 2.75) is 31.5 Å². The molecule has 0 bridgehead atoms. The first-order chi connectivity index (χ1) is 16.1. The third kappa shape index (κ3) is 6.50. The van der Waals surface area contributed by atoms with Gasteiger partial charge >= 0.3 is 18.1 Å². The monoisotopic (exact) mass is 474 g/mol. The Hall–Kier alpha value is -4.01. The van der Waals surface area contributed by atoms with Crippen LogP contribution in [0.2, 0.25) is 0 Å². The van der Waals surface area contributed by atoms with Crippen LogP contribution in [0.1, 0.15) is 46.9 Å². The second kappa shape index (κ2) is 10.7. The summed E-state index contributed by atoms with van der Waals surface area (Å²) in [4.78, 5) is 24.5. The quantitative estimate of drug-likeness (QED) is 0.426. The molecule has 0 saturated carbocycles. The van der Waals surface area contributed by atoms with E-state index in [9.17, 15) is 33.0 Å². The van der Waals surface area contributed by atoms with Gasteiger partial charge in [-0.2, -0.15) is 13.2 Å². The topological polar surface area (TPSA) is 93.1 Å². The Balaban J connectivity index is 2.09. The van der Waals surface area contributed by atoms with Crippen LogP contribution in [0, 0.1) is 0 Å². The number of halogens is 3. The molecule has 34 heavy (non-hydrogen) atoms. The number of phenolic OH excluding ortho intramolecular Hbond substituents is 2. The summed E-state index contributed by atoms with van der Waals surface area (Å²) < 4.78 is 48.3. The molecular formula is C25H21F3O6. The van der Waals surface area contributed by atoms with Gasteiger partial charge in [-0.25, -0.2) is 9.59 Å². The Kier molecular flexibility index (Phi) is 7.78. The maximum atomic E-state index is 13.1. The van der Waals surface area contributed by atoms with Gasteiger partial charge < -0.3 is 19.7 Å². The van der Waals surface area contributed by atoms with E-state index in [1.165, 1.54) is 6.08 Å². The van der Waals surface area contributed by atoms with Crippen molar-refractivity contribution >= 4 is 18.0 Å². The first kappa shape index (κ1) is 24.6. The highest BCUT2D eigenvalue weighted by molar-refractivity contribution is 5.97. The summed E-state index contributed by atoms with van der Waals surface area (Å²) >= 11 is 0. The number of hydrogen-bond acceptors (Lipinski definition) is 6. The van der Waals surface area contributed by atoms with Crippen LogP contribution in [0.3, 0.4) is 0 Å². The average molecular weight is 474 g/mol. The van der Waals surface area contributed by atoms with Crippen LogP contribution in [0.5, 0.6) is 11.5 Å². The Morgan fingerprint density at radius 2 is 1.74 bits per heavy atom. The minimum atomic E-state index is -5.25. The summed E-state index contributed by atoms with van der Waals surface area (Å²) in [5.41, 5.74) is 0.0907. The van der Waals surface area contributed by atoms with E-state index in [0.29, 0.717) is 24.8 Å². The minimum Gasteiger partial charge on any atom is -0.508 e. The molecule has 0 aliphatic carbocycles. The van der Waals surface area contributed by atoms with Gasteiger partial charge in [0.2, 0.25) is 0 Å². The lowest BCUT2D eigenvalue weighted by Crippen LogP contribution is -2.24. The summed E-state index contributed by atoms with van der Waals surface area (Å²) in [6, 6.07) is 10.8. The predicted octanol–water partition coefficient (Wildman–Crippen LogP) is 5.74. The van der Waals surface area contributed by atoms with E-state index in [-0.39, 0.29) is 5.56 Å². The van der Waals surface area contributed by atoms with Gasteiger partial charge in [0.05, 0.1) is 0 Å². The summed E-state index contributed by atoms with van der Waals surface area (Å²) in [7, 11) is 0. The fourth-order valence-electron chi connectivity index (χ4n) is 3.24. The number of carbonyl (C=O) groups is 2. The van der Waals surface area contributed by atoms with Crippen molar-refractivity contribution < 1.29 is 42.4 Å². The molecule has 0 spiro atoms. The highest BCUT2D eigenvalue weighted by Crippen LogP contribution is 2.33. The minimum absolute atomic E-state index is 0.198. The van der Waals surface area contributed by atoms with E-state index in [1.54, 1.807) is 30.3 Å².